The zero-order chi connectivity index (χ0) is 25.8. The van der Waals surface area contributed by atoms with Gasteiger partial charge in [0.15, 0.2) is 5.69 Å². The standard InChI is InChI=1S/C27H28F3N3O3/c1-15(2)33-21-5-3-4-17(10-16-6-8-19(9-7-16)27(28,29)30)22(21)23(32-33)24(34)31-20-13-26(14-20)11-18(12-26)25(35)36/h3-9,15,18,20H,10-14H2,1-2H3,(H,31,34)(H,35,36). The molecule has 0 unspecified atom stereocenters. The van der Waals surface area contributed by atoms with E-state index in [2.05, 4.69) is 10.4 Å². The molecule has 9 heteroatoms. The van der Waals surface area contributed by atoms with Crippen LogP contribution < -0.4 is 5.32 Å². The fourth-order valence-corrected chi connectivity index (χ4v) is 5.83. The third kappa shape index (κ3) is 4.35. The number of nitrogens with zero attached hydrogens (tertiary/aromatic N) is 2. The lowest BCUT2D eigenvalue weighted by atomic mass is 9.50. The van der Waals surface area contributed by atoms with E-state index in [1.807, 2.05) is 32.0 Å². The number of hydrogen-bond acceptors (Lipinski definition) is 3. The Labute approximate surface area is 206 Å². The molecular weight excluding hydrogens is 471 g/mol. The van der Waals surface area contributed by atoms with Crippen molar-refractivity contribution in [1.29, 1.82) is 0 Å². The van der Waals surface area contributed by atoms with Crippen LogP contribution >= 0.6 is 0 Å². The normalized spacial score (nSPS) is 23.5. The number of aliphatic carboxylic acids is 1. The molecule has 1 amide bonds. The van der Waals surface area contributed by atoms with Gasteiger partial charge in [0.1, 0.15) is 0 Å². The van der Waals surface area contributed by atoms with E-state index in [0.717, 1.165) is 36.1 Å². The van der Waals surface area contributed by atoms with Crippen LogP contribution in [0.15, 0.2) is 42.5 Å². The molecule has 36 heavy (non-hydrogen) atoms. The highest BCUT2D eigenvalue weighted by atomic mass is 19.4. The number of nitrogens with one attached hydrogen (secondary N) is 1. The molecule has 0 atom stereocenters. The highest BCUT2D eigenvalue weighted by Gasteiger charge is 2.55. The molecule has 190 valence electrons. The van der Waals surface area contributed by atoms with Crippen molar-refractivity contribution in [2.75, 3.05) is 0 Å². The van der Waals surface area contributed by atoms with E-state index in [1.54, 1.807) is 4.68 Å². The number of carboxylic acids is 1. The van der Waals surface area contributed by atoms with Crippen LogP contribution in [0, 0.1) is 11.3 Å². The highest BCUT2D eigenvalue weighted by molar-refractivity contribution is 6.06. The summed E-state index contributed by atoms with van der Waals surface area (Å²) in [4.78, 5) is 24.5. The zero-order valence-electron chi connectivity index (χ0n) is 20.1. The van der Waals surface area contributed by atoms with Crippen LogP contribution in [-0.2, 0) is 17.4 Å². The minimum atomic E-state index is -4.39. The van der Waals surface area contributed by atoms with Crippen LogP contribution in [0.4, 0.5) is 13.2 Å². The molecule has 2 saturated carbocycles. The van der Waals surface area contributed by atoms with Gasteiger partial charge in [-0.25, -0.2) is 0 Å². The Morgan fingerprint density at radius 3 is 2.36 bits per heavy atom. The lowest BCUT2D eigenvalue weighted by Gasteiger charge is -2.56. The average molecular weight is 500 g/mol. The third-order valence-electron chi connectivity index (χ3n) is 7.60. The van der Waals surface area contributed by atoms with Gasteiger partial charge in [-0.15, -0.1) is 0 Å². The number of amides is 1. The molecule has 2 aromatic carbocycles. The minimum Gasteiger partial charge on any atom is -0.481 e. The number of halogens is 3. The van der Waals surface area contributed by atoms with Crippen molar-refractivity contribution in [3.63, 3.8) is 0 Å². The SMILES string of the molecule is CC(C)n1nc(C(=O)NC2CC3(C2)CC(C(=O)O)C3)c2c(Cc3ccc(C(F)(F)F)cc3)cccc21. The van der Waals surface area contributed by atoms with Gasteiger partial charge >= 0.3 is 12.1 Å². The first-order valence-electron chi connectivity index (χ1n) is 12.2. The number of carboxylic acid groups (broad SMARTS) is 1. The molecule has 2 aliphatic rings. The number of benzene rings is 2. The quantitative estimate of drug-likeness (QED) is 0.463. The van der Waals surface area contributed by atoms with Crippen molar-refractivity contribution in [2.24, 2.45) is 11.3 Å². The van der Waals surface area contributed by atoms with Gasteiger partial charge in [-0.3, -0.25) is 14.3 Å². The van der Waals surface area contributed by atoms with E-state index in [9.17, 15) is 22.8 Å². The number of fused-ring (bicyclic) bond motifs is 1. The summed E-state index contributed by atoms with van der Waals surface area (Å²) in [6.45, 7) is 3.95. The Kier molecular flexibility index (Phi) is 5.84. The van der Waals surface area contributed by atoms with Crippen molar-refractivity contribution in [1.82, 2.24) is 15.1 Å². The van der Waals surface area contributed by atoms with Crippen LogP contribution in [0.5, 0.6) is 0 Å². The van der Waals surface area contributed by atoms with E-state index < -0.39 is 17.7 Å². The van der Waals surface area contributed by atoms with Gasteiger partial charge in [-0.1, -0.05) is 24.3 Å². The molecule has 2 aliphatic carbocycles. The first-order valence-corrected chi connectivity index (χ1v) is 12.2. The van der Waals surface area contributed by atoms with Crippen LogP contribution in [0.1, 0.15) is 72.8 Å². The summed E-state index contributed by atoms with van der Waals surface area (Å²) in [7, 11) is 0. The number of rotatable bonds is 6. The summed E-state index contributed by atoms with van der Waals surface area (Å²) in [5.74, 6) is -1.31. The van der Waals surface area contributed by atoms with E-state index >= 15 is 0 Å². The molecule has 1 heterocycles. The van der Waals surface area contributed by atoms with Crippen LogP contribution in [0.3, 0.4) is 0 Å². The molecule has 0 radical (unpaired) electrons. The lowest BCUT2D eigenvalue weighted by Crippen LogP contribution is -2.57. The van der Waals surface area contributed by atoms with Crippen LogP contribution in [0.2, 0.25) is 0 Å². The maximum absolute atomic E-state index is 13.3. The van der Waals surface area contributed by atoms with E-state index in [0.29, 0.717) is 35.9 Å². The largest absolute Gasteiger partial charge is 0.481 e. The molecule has 2 N–H and O–H groups in total. The maximum atomic E-state index is 13.3. The summed E-state index contributed by atoms with van der Waals surface area (Å²) in [5.41, 5.74) is 1.97. The molecule has 1 aromatic heterocycles. The topological polar surface area (TPSA) is 84.2 Å². The second-order valence-electron chi connectivity index (χ2n) is 10.6. The maximum Gasteiger partial charge on any atom is 0.416 e. The predicted molar refractivity (Wildman–Crippen MR) is 128 cm³/mol. The van der Waals surface area contributed by atoms with E-state index in [1.165, 1.54) is 12.1 Å². The van der Waals surface area contributed by atoms with Gasteiger partial charge in [0, 0.05) is 17.5 Å². The van der Waals surface area contributed by atoms with Crippen molar-refractivity contribution < 1.29 is 27.9 Å². The van der Waals surface area contributed by atoms with Crippen molar-refractivity contribution in [3.05, 3.63) is 64.8 Å². The van der Waals surface area contributed by atoms with Gasteiger partial charge in [0.2, 0.25) is 0 Å². The molecule has 0 aliphatic heterocycles. The lowest BCUT2D eigenvalue weighted by molar-refractivity contribution is -0.155. The van der Waals surface area contributed by atoms with Crippen molar-refractivity contribution >= 4 is 22.8 Å². The Bertz CT molecular complexity index is 1310. The molecule has 5 rings (SSSR count). The summed E-state index contributed by atoms with van der Waals surface area (Å²) in [5, 5.41) is 17.5. The summed E-state index contributed by atoms with van der Waals surface area (Å²) < 4.78 is 40.7. The van der Waals surface area contributed by atoms with Crippen LogP contribution in [-0.4, -0.2) is 32.8 Å². The summed E-state index contributed by atoms with van der Waals surface area (Å²) >= 11 is 0. The van der Waals surface area contributed by atoms with Gasteiger partial charge in [-0.2, -0.15) is 18.3 Å². The number of carbonyl (C=O) groups excluding carboxylic acids is 1. The van der Waals surface area contributed by atoms with Gasteiger partial charge < -0.3 is 10.4 Å². The fraction of sp³-hybridized carbons (Fsp3) is 0.444. The molecule has 6 nitrogen and oxygen atoms in total. The Balaban J connectivity index is 1.39. The van der Waals surface area contributed by atoms with E-state index in [4.69, 9.17) is 5.11 Å². The van der Waals surface area contributed by atoms with Gasteiger partial charge in [0.25, 0.3) is 5.91 Å². The zero-order valence-corrected chi connectivity index (χ0v) is 20.1. The van der Waals surface area contributed by atoms with Crippen molar-refractivity contribution in [2.45, 2.75) is 64.2 Å². The van der Waals surface area contributed by atoms with Gasteiger partial charge in [-0.05, 0) is 80.7 Å². The molecule has 1 spiro atoms. The Morgan fingerprint density at radius 2 is 1.78 bits per heavy atom. The highest BCUT2D eigenvalue weighted by Crippen LogP contribution is 2.58. The smallest absolute Gasteiger partial charge is 0.416 e. The number of carbonyl (C=O) groups is 2. The molecule has 3 aromatic rings. The number of hydrogen-bond donors (Lipinski definition) is 2. The van der Waals surface area contributed by atoms with E-state index in [-0.39, 0.29) is 29.3 Å². The second-order valence-corrected chi connectivity index (χ2v) is 10.6. The number of alkyl halides is 3. The van der Waals surface area contributed by atoms with Crippen LogP contribution in [0.25, 0.3) is 10.9 Å². The molecule has 2 fully saturated rings. The summed E-state index contributed by atoms with van der Waals surface area (Å²) in [6.07, 6.45) is -1.17. The third-order valence-corrected chi connectivity index (χ3v) is 7.60. The first-order chi connectivity index (χ1) is 17.0. The van der Waals surface area contributed by atoms with Gasteiger partial charge in [0.05, 0.1) is 17.0 Å². The van der Waals surface area contributed by atoms with Crippen molar-refractivity contribution in [3.8, 4) is 0 Å². The fourth-order valence-electron chi connectivity index (χ4n) is 5.83. The average Bonchev–Trinajstić information content (AvgIpc) is 3.15. The summed E-state index contributed by atoms with van der Waals surface area (Å²) in [6, 6.07) is 10.7. The molecule has 0 saturated heterocycles. The second kappa shape index (κ2) is 8.64. The first kappa shape index (κ1) is 24.3. The Morgan fingerprint density at radius 1 is 1.11 bits per heavy atom. The molecule has 0 bridgehead atoms. The monoisotopic (exact) mass is 499 g/mol. The minimum absolute atomic E-state index is 0.00488. The molecular formula is C27H28F3N3O3. The predicted octanol–water partition coefficient (Wildman–Crippen LogP) is 5.60. The number of aromatic nitrogens is 2. The Hall–Kier alpha value is -3.36.